The van der Waals surface area contributed by atoms with Crippen molar-refractivity contribution in [3.63, 3.8) is 0 Å². The lowest BCUT2D eigenvalue weighted by Gasteiger charge is -2.35. The average Bonchev–Trinajstić information content (AvgIpc) is 3.55. The van der Waals surface area contributed by atoms with Crippen molar-refractivity contribution in [2.75, 3.05) is 49.6 Å². The summed E-state index contributed by atoms with van der Waals surface area (Å²) >= 11 is 0. The number of halogens is 1. The van der Waals surface area contributed by atoms with Gasteiger partial charge in [-0.15, -0.1) is 0 Å². The fourth-order valence-corrected chi connectivity index (χ4v) is 7.49. The second kappa shape index (κ2) is 10.8. The first-order valence-corrected chi connectivity index (χ1v) is 15.3. The molecule has 0 radical (unpaired) electrons. The van der Waals surface area contributed by atoms with Crippen molar-refractivity contribution in [3.8, 4) is 6.01 Å². The van der Waals surface area contributed by atoms with E-state index in [-0.39, 0.29) is 5.82 Å². The Balaban J connectivity index is 1.28. The van der Waals surface area contributed by atoms with Crippen molar-refractivity contribution in [2.24, 2.45) is 0 Å². The number of likely N-dealkylation sites (tertiary alicyclic amines) is 1. The maximum Gasteiger partial charge on any atom is 0.319 e. The molecule has 2 unspecified atom stereocenters. The van der Waals surface area contributed by atoms with E-state index in [1.807, 2.05) is 12.1 Å². The Labute approximate surface area is 236 Å². The van der Waals surface area contributed by atoms with Gasteiger partial charge < -0.3 is 24.8 Å². The van der Waals surface area contributed by atoms with Crippen molar-refractivity contribution in [1.82, 2.24) is 20.2 Å². The van der Waals surface area contributed by atoms with E-state index >= 15 is 4.39 Å². The van der Waals surface area contributed by atoms with Gasteiger partial charge in [0.2, 0.25) is 0 Å². The summed E-state index contributed by atoms with van der Waals surface area (Å²) in [5.41, 5.74) is 4.68. The first-order chi connectivity index (χ1) is 19.6. The van der Waals surface area contributed by atoms with Crippen molar-refractivity contribution < 1.29 is 9.13 Å². The number of piperazine rings is 1. The normalized spacial score (nSPS) is 24.6. The Bertz CT molecular complexity index is 1370. The monoisotopic (exact) mass is 544 g/mol. The zero-order valence-corrected chi connectivity index (χ0v) is 23.8. The lowest BCUT2D eigenvalue weighted by atomic mass is 9.95. The number of aryl methyl sites for hydroxylation is 2. The smallest absolute Gasteiger partial charge is 0.319 e. The van der Waals surface area contributed by atoms with E-state index in [9.17, 15) is 0 Å². The molecule has 7 rings (SSSR count). The molecule has 5 heterocycles. The molecule has 1 N–H and O–H groups in total. The highest BCUT2D eigenvalue weighted by Gasteiger charge is 2.34. The zero-order chi connectivity index (χ0) is 27.2. The summed E-state index contributed by atoms with van der Waals surface area (Å²) in [6.07, 6.45) is 8.66. The third kappa shape index (κ3) is 4.69. The van der Waals surface area contributed by atoms with Gasteiger partial charge in [-0.3, -0.25) is 0 Å². The molecule has 4 aliphatic rings. The van der Waals surface area contributed by atoms with Crippen molar-refractivity contribution in [3.05, 3.63) is 47.3 Å². The summed E-state index contributed by atoms with van der Waals surface area (Å²) in [5, 5.41) is 4.47. The van der Waals surface area contributed by atoms with E-state index in [2.05, 4.69) is 52.2 Å². The fraction of sp³-hybridized carbons (Fsp3) is 0.562. The second-order valence-corrected chi connectivity index (χ2v) is 12.1. The highest BCUT2D eigenvalue weighted by Crippen LogP contribution is 2.41. The van der Waals surface area contributed by atoms with Gasteiger partial charge in [0.1, 0.15) is 11.3 Å². The van der Waals surface area contributed by atoms with Crippen LogP contribution in [0.4, 0.5) is 21.6 Å². The van der Waals surface area contributed by atoms with Crippen LogP contribution in [0, 0.1) is 5.82 Å². The van der Waals surface area contributed by atoms with Gasteiger partial charge in [-0.1, -0.05) is 25.1 Å². The van der Waals surface area contributed by atoms with Crippen LogP contribution in [-0.4, -0.2) is 72.8 Å². The van der Waals surface area contributed by atoms with Gasteiger partial charge >= 0.3 is 6.01 Å². The Morgan fingerprint density at radius 1 is 1.02 bits per heavy atom. The topological polar surface area (TPSA) is 56.8 Å². The summed E-state index contributed by atoms with van der Waals surface area (Å²) in [7, 11) is 2.18. The first-order valence-electron chi connectivity index (χ1n) is 15.3. The maximum absolute atomic E-state index is 16.7. The van der Waals surface area contributed by atoms with Crippen LogP contribution < -0.4 is 19.9 Å². The maximum atomic E-state index is 16.7. The van der Waals surface area contributed by atoms with Crippen LogP contribution in [0.1, 0.15) is 56.6 Å². The molecule has 7 nitrogen and oxygen atoms in total. The van der Waals surface area contributed by atoms with E-state index in [0.29, 0.717) is 41.9 Å². The zero-order valence-electron chi connectivity index (χ0n) is 23.8. The lowest BCUT2D eigenvalue weighted by molar-refractivity contribution is 0.223. The van der Waals surface area contributed by atoms with Crippen LogP contribution in [-0.2, 0) is 12.8 Å². The predicted octanol–water partition coefficient (Wildman–Crippen LogP) is 5.22. The van der Waals surface area contributed by atoms with Crippen LogP contribution in [0.15, 0.2) is 30.3 Å². The molecular formula is C32H41FN6O. The molecule has 212 valence electrons. The summed E-state index contributed by atoms with van der Waals surface area (Å²) in [6, 6.07) is 12.2. The van der Waals surface area contributed by atoms with Gasteiger partial charge in [-0.2, -0.15) is 9.97 Å². The molecule has 4 aliphatic heterocycles. The van der Waals surface area contributed by atoms with Crippen LogP contribution in [0.25, 0.3) is 10.9 Å². The number of rotatable bonds is 7. The number of aromatic nitrogens is 2. The molecule has 3 saturated heterocycles. The minimum absolute atomic E-state index is 0.279. The van der Waals surface area contributed by atoms with Crippen molar-refractivity contribution in [2.45, 2.75) is 76.4 Å². The summed E-state index contributed by atoms with van der Waals surface area (Å²) < 4.78 is 22.9. The predicted molar refractivity (Wildman–Crippen MR) is 159 cm³/mol. The van der Waals surface area contributed by atoms with Gasteiger partial charge in [0.25, 0.3) is 0 Å². The largest absolute Gasteiger partial charge is 0.463 e. The van der Waals surface area contributed by atoms with Crippen LogP contribution in [0.3, 0.4) is 0 Å². The molecule has 8 heteroatoms. The van der Waals surface area contributed by atoms with E-state index in [0.717, 1.165) is 63.1 Å². The second-order valence-electron chi connectivity index (χ2n) is 12.1. The molecular weight excluding hydrogens is 503 g/mol. The van der Waals surface area contributed by atoms with E-state index < -0.39 is 0 Å². The molecule has 40 heavy (non-hydrogen) atoms. The summed E-state index contributed by atoms with van der Waals surface area (Å²) in [5.74, 6) is 0.522. The third-order valence-corrected chi connectivity index (χ3v) is 9.59. The first kappa shape index (κ1) is 26.0. The number of hydrogen-bond donors (Lipinski definition) is 1. The average molecular weight is 545 g/mol. The Kier molecular flexibility index (Phi) is 7.00. The van der Waals surface area contributed by atoms with Crippen LogP contribution in [0.5, 0.6) is 6.01 Å². The number of benzene rings is 2. The Hall–Kier alpha value is -2.97. The third-order valence-electron chi connectivity index (χ3n) is 9.59. The number of hydrogen-bond acceptors (Lipinski definition) is 7. The lowest BCUT2D eigenvalue weighted by Crippen LogP contribution is -2.51. The number of nitrogens with one attached hydrogen (secondary N) is 1. The fourth-order valence-electron chi connectivity index (χ4n) is 7.49. The summed E-state index contributed by atoms with van der Waals surface area (Å²) in [4.78, 5) is 16.6. The molecule has 3 atom stereocenters. The number of fused-ring (bicyclic) bond motifs is 4. The minimum Gasteiger partial charge on any atom is -0.463 e. The molecule has 0 aliphatic carbocycles. The molecule has 2 aromatic carbocycles. The van der Waals surface area contributed by atoms with Crippen molar-refractivity contribution in [1.29, 1.82) is 0 Å². The molecule has 0 spiro atoms. The van der Waals surface area contributed by atoms with Crippen molar-refractivity contribution >= 4 is 28.1 Å². The van der Waals surface area contributed by atoms with Gasteiger partial charge in [-0.25, -0.2) is 4.39 Å². The van der Waals surface area contributed by atoms with Gasteiger partial charge in [0.05, 0.1) is 12.3 Å². The molecule has 3 fully saturated rings. The number of ether oxygens (including phenoxy) is 1. The van der Waals surface area contributed by atoms with Gasteiger partial charge in [-0.05, 0) is 88.2 Å². The van der Waals surface area contributed by atoms with Gasteiger partial charge in [0, 0.05) is 48.8 Å². The molecule has 0 saturated carbocycles. The molecule has 0 amide bonds. The Morgan fingerprint density at radius 3 is 2.65 bits per heavy atom. The quantitative estimate of drug-likeness (QED) is 0.438. The highest BCUT2D eigenvalue weighted by atomic mass is 19.1. The van der Waals surface area contributed by atoms with E-state index in [4.69, 9.17) is 14.7 Å². The van der Waals surface area contributed by atoms with Gasteiger partial charge in [0.15, 0.2) is 5.82 Å². The summed E-state index contributed by atoms with van der Waals surface area (Å²) in [6.45, 7) is 6.39. The molecule has 1 aromatic heterocycles. The van der Waals surface area contributed by atoms with E-state index in [1.165, 1.54) is 42.5 Å². The number of para-hydroxylation sites is 1. The van der Waals surface area contributed by atoms with Crippen LogP contribution in [0.2, 0.25) is 0 Å². The SMILES string of the molecule is CCc1cccc2c1N(c1ccc3c(N4CC5CCC(C4)N5)nc(OCC[C@@H]4CCCN4C)nc3c1F)CCC2. The van der Waals surface area contributed by atoms with Crippen LogP contribution >= 0.6 is 0 Å². The highest BCUT2D eigenvalue weighted by molar-refractivity contribution is 5.93. The molecule has 2 bridgehead atoms. The van der Waals surface area contributed by atoms with E-state index in [1.54, 1.807) is 0 Å². The molecule has 3 aromatic rings. The number of nitrogens with zero attached hydrogens (tertiary/aromatic N) is 5. The minimum atomic E-state index is -0.279. The standard InChI is InChI=1S/C32H41FN6O/c1-3-21-7-4-8-22-9-5-17-39(30(21)22)27-14-13-26-29(28(27)33)35-32(40-18-15-25-10-6-16-37(25)2)36-31(26)38-19-23-11-12-24(20-38)34-23/h4,7-8,13-14,23-25,34H,3,5-6,9-12,15-20H2,1-2H3/t23?,24?,25-/m0/s1. The Morgan fingerprint density at radius 2 is 1.88 bits per heavy atom. The number of anilines is 3.